The second-order valence-electron chi connectivity index (χ2n) is 5.87. The third-order valence-corrected chi connectivity index (χ3v) is 5.98. The highest BCUT2D eigenvalue weighted by atomic mass is 35.5. The third-order valence-electron chi connectivity index (χ3n) is 4.00. The van der Waals surface area contributed by atoms with Crippen LogP contribution in [-0.4, -0.2) is 27.2 Å². The van der Waals surface area contributed by atoms with Gasteiger partial charge in [0.25, 0.3) is 0 Å². The van der Waals surface area contributed by atoms with Crippen LogP contribution in [0.2, 0.25) is 5.02 Å². The highest BCUT2D eigenvalue weighted by Crippen LogP contribution is 2.25. The van der Waals surface area contributed by atoms with Gasteiger partial charge < -0.3 is 9.47 Å². The third kappa shape index (κ3) is 4.78. The summed E-state index contributed by atoms with van der Waals surface area (Å²) < 4.78 is 35.0. The van der Waals surface area contributed by atoms with Crippen LogP contribution < -0.4 is 9.47 Å². The van der Waals surface area contributed by atoms with E-state index < -0.39 is 15.8 Å². The predicted octanol–water partition coefficient (Wildman–Crippen LogP) is 4.27. The molecule has 3 aromatic carbocycles. The summed E-state index contributed by atoms with van der Waals surface area (Å²) in [6.07, 6.45) is -0.249. The molecule has 27 heavy (non-hydrogen) atoms. The molecule has 0 aromatic heterocycles. The number of halogens is 1. The van der Waals surface area contributed by atoms with Crippen molar-refractivity contribution in [2.24, 2.45) is 0 Å². The Bertz CT molecular complexity index is 1080. The van der Waals surface area contributed by atoms with E-state index >= 15 is 0 Å². The summed E-state index contributed by atoms with van der Waals surface area (Å²) >= 11 is 5.76. The molecule has 0 radical (unpaired) electrons. The molecule has 140 valence electrons. The minimum Gasteiger partial charge on any atom is -0.497 e. The highest BCUT2D eigenvalue weighted by Gasteiger charge is 2.17. The van der Waals surface area contributed by atoms with Gasteiger partial charge in [-0.2, -0.15) is 0 Å². The molecule has 0 saturated carbocycles. The SMILES string of the molecule is COc1ccc2ccc(OC(=O)CCS(=O)(=O)c3ccc(Cl)cc3)cc2c1. The Balaban J connectivity index is 1.66. The van der Waals surface area contributed by atoms with Gasteiger partial charge in [-0.15, -0.1) is 0 Å². The van der Waals surface area contributed by atoms with Crippen molar-refractivity contribution in [3.8, 4) is 11.5 Å². The van der Waals surface area contributed by atoms with Crippen molar-refractivity contribution in [3.63, 3.8) is 0 Å². The van der Waals surface area contributed by atoms with E-state index in [0.29, 0.717) is 16.5 Å². The van der Waals surface area contributed by atoms with Crippen LogP contribution in [0.3, 0.4) is 0 Å². The topological polar surface area (TPSA) is 69.7 Å². The number of hydrogen-bond donors (Lipinski definition) is 0. The molecule has 3 rings (SSSR count). The van der Waals surface area contributed by atoms with Gasteiger partial charge in [-0.1, -0.05) is 23.7 Å². The first-order valence-corrected chi connectivity index (χ1v) is 10.2. The molecular weight excluding hydrogens is 388 g/mol. The normalized spacial score (nSPS) is 11.3. The highest BCUT2D eigenvalue weighted by molar-refractivity contribution is 7.91. The molecule has 0 heterocycles. The average molecular weight is 405 g/mol. The van der Waals surface area contributed by atoms with E-state index in [1.165, 1.54) is 24.3 Å². The predicted molar refractivity (Wildman–Crippen MR) is 104 cm³/mol. The largest absolute Gasteiger partial charge is 0.497 e. The fourth-order valence-electron chi connectivity index (χ4n) is 2.55. The molecule has 0 N–H and O–H groups in total. The fraction of sp³-hybridized carbons (Fsp3) is 0.150. The average Bonchev–Trinajstić information content (AvgIpc) is 2.66. The van der Waals surface area contributed by atoms with Crippen molar-refractivity contribution in [1.29, 1.82) is 0 Å². The Labute approximate surface area is 162 Å². The van der Waals surface area contributed by atoms with Crippen LogP contribution in [0.5, 0.6) is 11.5 Å². The summed E-state index contributed by atoms with van der Waals surface area (Å²) in [7, 11) is -2.01. The minimum atomic E-state index is -3.58. The second-order valence-corrected chi connectivity index (χ2v) is 8.42. The summed E-state index contributed by atoms with van der Waals surface area (Å²) in [5, 5.41) is 2.27. The standard InChI is InChI=1S/C20H17ClO5S/c1-25-17-6-2-14-3-7-18(13-15(14)12-17)26-20(22)10-11-27(23,24)19-8-4-16(21)5-9-19/h2-9,12-13H,10-11H2,1H3. The van der Waals surface area contributed by atoms with E-state index in [9.17, 15) is 13.2 Å². The maximum absolute atomic E-state index is 12.3. The zero-order valence-electron chi connectivity index (χ0n) is 14.5. The van der Waals surface area contributed by atoms with Gasteiger partial charge in [0, 0.05) is 5.02 Å². The van der Waals surface area contributed by atoms with Gasteiger partial charge in [-0.05, 0) is 59.3 Å². The zero-order chi connectivity index (χ0) is 19.4. The lowest BCUT2D eigenvalue weighted by molar-refractivity contribution is -0.133. The zero-order valence-corrected chi connectivity index (χ0v) is 16.1. The van der Waals surface area contributed by atoms with Crippen molar-refractivity contribution in [2.75, 3.05) is 12.9 Å². The molecule has 5 nitrogen and oxygen atoms in total. The molecule has 0 aliphatic rings. The summed E-state index contributed by atoms with van der Waals surface area (Å²) in [6.45, 7) is 0. The Morgan fingerprint density at radius 3 is 2.22 bits per heavy atom. The number of sulfone groups is 1. The van der Waals surface area contributed by atoms with Crippen LogP contribution in [0.4, 0.5) is 0 Å². The Hall–Kier alpha value is -2.57. The monoisotopic (exact) mass is 404 g/mol. The second kappa shape index (κ2) is 7.98. The van der Waals surface area contributed by atoms with Gasteiger partial charge in [-0.3, -0.25) is 4.79 Å². The van der Waals surface area contributed by atoms with E-state index in [1.807, 2.05) is 24.3 Å². The number of esters is 1. The number of carbonyl (C=O) groups excluding carboxylic acids is 1. The number of benzene rings is 3. The van der Waals surface area contributed by atoms with E-state index in [2.05, 4.69) is 0 Å². The molecular formula is C20H17ClO5S. The van der Waals surface area contributed by atoms with Crippen molar-refractivity contribution in [1.82, 2.24) is 0 Å². The van der Waals surface area contributed by atoms with E-state index in [4.69, 9.17) is 21.1 Å². The molecule has 7 heteroatoms. The molecule has 0 aliphatic carbocycles. The van der Waals surface area contributed by atoms with E-state index in [1.54, 1.807) is 19.2 Å². The lowest BCUT2D eigenvalue weighted by atomic mass is 10.1. The summed E-state index contributed by atoms with van der Waals surface area (Å²) in [4.78, 5) is 12.2. The molecule has 0 aliphatic heterocycles. The van der Waals surface area contributed by atoms with Crippen LogP contribution in [0.1, 0.15) is 6.42 Å². The van der Waals surface area contributed by atoms with Crippen LogP contribution in [-0.2, 0) is 14.6 Å². The molecule has 0 atom stereocenters. The summed E-state index contributed by atoms with van der Waals surface area (Å²) in [5.41, 5.74) is 0. The van der Waals surface area contributed by atoms with Gasteiger partial charge >= 0.3 is 5.97 Å². The van der Waals surface area contributed by atoms with Gasteiger partial charge in [0.05, 0.1) is 24.2 Å². The van der Waals surface area contributed by atoms with Crippen molar-refractivity contribution in [3.05, 3.63) is 65.7 Å². The number of rotatable bonds is 6. The molecule has 0 saturated heterocycles. The number of fused-ring (bicyclic) bond motifs is 1. The molecule has 0 fully saturated rings. The molecule has 3 aromatic rings. The van der Waals surface area contributed by atoms with Crippen LogP contribution >= 0.6 is 11.6 Å². The maximum atomic E-state index is 12.3. The van der Waals surface area contributed by atoms with Crippen molar-refractivity contribution >= 4 is 38.2 Å². The molecule has 0 amide bonds. The number of hydrogen-bond acceptors (Lipinski definition) is 5. The first-order valence-electron chi connectivity index (χ1n) is 8.14. The number of carbonyl (C=O) groups is 1. The Morgan fingerprint density at radius 1 is 0.926 bits per heavy atom. The Kier molecular flexibility index (Phi) is 5.68. The first kappa shape index (κ1) is 19.2. The Morgan fingerprint density at radius 2 is 1.56 bits per heavy atom. The first-order chi connectivity index (χ1) is 12.9. The van der Waals surface area contributed by atoms with Crippen LogP contribution in [0, 0.1) is 0 Å². The van der Waals surface area contributed by atoms with Gasteiger partial charge in [-0.25, -0.2) is 8.42 Å². The summed E-state index contributed by atoms with van der Waals surface area (Å²) in [6, 6.07) is 16.6. The van der Waals surface area contributed by atoms with E-state index in [-0.39, 0.29) is 17.1 Å². The van der Waals surface area contributed by atoms with Crippen LogP contribution in [0.15, 0.2) is 65.6 Å². The number of ether oxygens (including phenoxy) is 2. The summed E-state index contributed by atoms with van der Waals surface area (Å²) in [5.74, 6) is 0.0916. The molecule has 0 unspecified atom stereocenters. The lowest BCUT2D eigenvalue weighted by Crippen LogP contribution is -2.15. The van der Waals surface area contributed by atoms with E-state index in [0.717, 1.165) is 10.8 Å². The van der Waals surface area contributed by atoms with Gasteiger partial charge in [0.15, 0.2) is 9.84 Å². The molecule has 0 bridgehead atoms. The van der Waals surface area contributed by atoms with Gasteiger partial charge in [0.2, 0.25) is 0 Å². The fourth-order valence-corrected chi connectivity index (χ4v) is 3.90. The maximum Gasteiger partial charge on any atom is 0.312 e. The van der Waals surface area contributed by atoms with Crippen molar-refractivity contribution < 1.29 is 22.7 Å². The minimum absolute atomic E-state index is 0.123. The number of methoxy groups -OCH3 is 1. The quantitative estimate of drug-likeness (QED) is 0.453. The lowest BCUT2D eigenvalue weighted by Gasteiger charge is -2.08. The van der Waals surface area contributed by atoms with Crippen molar-refractivity contribution in [2.45, 2.75) is 11.3 Å². The smallest absolute Gasteiger partial charge is 0.312 e. The van der Waals surface area contributed by atoms with Gasteiger partial charge in [0.1, 0.15) is 11.5 Å². The van der Waals surface area contributed by atoms with Crippen LogP contribution in [0.25, 0.3) is 10.8 Å². The molecule has 0 spiro atoms.